The molecule has 2 aromatic rings. The number of nitrogens with two attached hydrogens (primary N) is 1. The Morgan fingerprint density at radius 1 is 1.11 bits per heavy atom. The lowest BCUT2D eigenvalue weighted by molar-refractivity contribution is 0.202. The Bertz CT molecular complexity index is 538. The predicted molar refractivity (Wildman–Crippen MR) is 75.5 cm³/mol. The average molecular weight is 258 g/mol. The summed E-state index contributed by atoms with van der Waals surface area (Å²) in [6, 6.07) is 11.5. The number of methoxy groups -OCH3 is 1. The molecule has 1 heterocycles. The van der Waals surface area contributed by atoms with Crippen molar-refractivity contribution in [3.8, 4) is 11.6 Å². The summed E-state index contributed by atoms with van der Waals surface area (Å²) in [5.41, 5.74) is 8.38. The Labute approximate surface area is 113 Å². The Kier molecular flexibility index (Phi) is 4.36. The Morgan fingerprint density at radius 3 is 2.47 bits per heavy atom. The number of hydrogen-bond donors (Lipinski definition) is 1. The van der Waals surface area contributed by atoms with Crippen LogP contribution in [-0.2, 0) is 11.2 Å². The molecule has 0 spiro atoms. The molecule has 1 aromatic carbocycles. The molecule has 0 bridgehead atoms. The highest BCUT2D eigenvalue weighted by molar-refractivity contribution is 5.44. The van der Waals surface area contributed by atoms with Crippen LogP contribution in [0.3, 0.4) is 0 Å². The maximum absolute atomic E-state index is 5.72. The van der Waals surface area contributed by atoms with Gasteiger partial charge in [0.2, 0.25) is 5.88 Å². The van der Waals surface area contributed by atoms with E-state index in [4.69, 9.17) is 15.2 Å². The van der Waals surface area contributed by atoms with Crippen molar-refractivity contribution in [1.82, 2.24) is 4.98 Å². The topological polar surface area (TPSA) is 57.4 Å². The minimum Gasteiger partial charge on any atom is -0.439 e. The second-order valence-electron chi connectivity index (χ2n) is 4.31. The first-order chi connectivity index (χ1) is 9.19. The number of pyridine rings is 1. The molecular formula is C15H18N2O2. The van der Waals surface area contributed by atoms with Crippen LogP contribution in [0.15, 0.2) is 36.4 Å². The van der Waals surface area contributed by atoms with Crippen molar-refractivity contribution < 1.29 is 9.47 Å². The number of rotatable bonds is 5. The number of anilines is 1. The van der Waals surface area contributed by atoms with Crippen LogP contribution in [0, 0.1) is 6.92 Å². The van der Waals surface area contributed by atoms with E-state index in [0.29, 0.717) is 11.6 Å². The summed E-state index contributed by atoms with van der Waals surface area (Å²) in [5, 5.41) is 0. The molecule has 1 aromatic heterocycles. The Morgan fingerprint density at radius 2 is 1.84 bits per heavy atom. The fourth-order valence-electron chi connectivity index (χ4n) is 1.67. The van der Waals surface area contributed by atoms with Crippen LogP contribution in [0.2, 0.25) is 0 Å². The zero-order valence-electron chi connectivity index (χ0n) is 11.2. The molecule has 19 heavy (non-hydrogen) atoms. The first-order valence-electron chi connectivity index (χ1n) is 6.18. The number of benzene rings is 1. The van der Waals surface area contributed by atoms with Gasteiger partial charge in [0.05, 0.1) is 18.0 Å². The lowest BCUT2D eigenvalue weighted by Gasteiger charge is -2.07. The zero-order chi connectivity index (χ0) is 13.7. The predicted octanol–water partition coefficient (Wildman–Crippen LogP) is 2.95. The standard InChI is InChI=1S/C15H18N2O2/c1-11-14(16)7-8-15(17-11)19-13-5-3-12(4-6-13)9-10-18-2/h3-8H,9-10,16H2,1-2H3. The van der Waals surface area contributed by atoms with E-state index in [0.717, 1.165) is 24.5 Å². The summed E-state index contributed by atoms with van der Waals surface area (Å²) in [4.78, 5) is 4.27. The van der Waals surface area contributed by atoms with E-state index in [2.05, 4.69) is 4.98 Å². The lowest BCUT2D eigenvalue weighted by atomic mass is 10.1. The largest absolute Gasteiger partial charge is 0.439 e. The van der Waals surface area contributed by atoms with Crippen LogP contribution in [0.4, 0.5) is 5.69 Å². The Hall–Kier alpha value is -2.07. The van der Waals surface area contributed by atoms with Gasteiger partial charge in [-0.15, -0.1) is 0 Å². The van der Waals surface area contributed by atoms with Gasteiger partial charge >= 0.3 is 0 Å². The molecule has 100 valence electrons. The highest BCUT2D eigenvalue weighted by Crippen LogP contribution is 2.22. The van der Waals surface area contributed by atoms with Gasteiger partial charge in [0.25, 0.3) is 0 Å². The van der Waals surface area contributed by atoms with Crippen molar-refractivity contribution in [1.29, 1.82) is 0 Å². The van der Waals surface area contributed by atoms with Crippen molar-refractivity contribution in [2.75, 3.05) is 19.5 Å². The highest BCUT2D eigenvalue weighted by Gasteiger charge is 2.02. The molecule has 2 rings (SSSR count). The number of ether oxygens (including phenoxy) is 2. The third kappa shape index (κ3) is 3.69. The van der Waals surface area contributed by atoms with Crippen molar-refractivity contribution in [3.63, 3.8) is 0 Å². The molecule has 0 unspecified atom stereocenters. The second-order valence-corrected chi connectivity index (χ2v) is 4.31. The Balaban J connectivity index is 2.04. The van der Waals surface area contributed by atoms with Crippen LogP contribution >= 0.6 is 0 Å². The highest BCUT2D eigenvalue weighted by atomic mass is 16.5. The third-order valence-corrected chi connectivity index (χ3v) is 2.84. The molecule has 0 aliphatic rings. The average Bonchev–Trinajstić information content (AvgIpc) is 2.42. The second kappa shape index (κ2) is 6.20. The number of nitrogen functional groups attached to an aromatic ring is 1. The van der Waals surface area contributed by atoms with Crippen LogP contribution in [-0.4, -0.2) is 18.7 Å². The minimum atomic E-state index is 0.552. The number of hydrogen-bond acceptors (Lipinski definition) is 4. The van der Waals surface area contributed by atoms with Crippen molar-refractivity contribution in [2.45, 2.75) is 13.3 Å². The van der Waals surface area contributed by atoms with Gasteiger partial charge in [0.1, 0.15) is 5.75 Å². The van der Waals surface area contributed by atoms with Crippen LogP contribution in [0.25, 0.3) is 0 Å². The lowest BCUT2D eigenvalue weighted by Crippen LogP contribution is -1.96. The summed E-state index contributed by atoms with van der Waals surface area (Å²) < 4.78 is 10.7. The van der Waals surface area contributed by atoms with Crippen LogP contribution in [0.5, 0.6) is 11.6 Å². The molecule has 2 N–H and O–H groups in total. The molecule has 4 nitrogen and oxygen atoms in total. The fourth-order valence-corrected chi connectivity index (χ4v) is 1.67. The summed E-state index contributed by atoms with van der Waals surface area (Å²) in [6.45, 7) is 2.58. The number of aryl methyl sites for hydroxylation is 1. The summed E-state index contributed by atoms with van der Waals surface area (Å²) in [7, 11) is 1.70. The SMILES string of the molecule is COCCc1ccc(Oc2ccc(N)c(C)n2)cc1. The van der Waals surface area contributed by atoms with Crippen molar-refractivity contribution >= 4 is 5.69 Å². The molecule has 0 fully saturated rings. The zero-order valence-corrected chi connectivity index (χ0v) is 11.2. The molecule has 0 saturated carbocycles. The van der Waals surface area contributed by atoms with Gasteiger partial charge in [0, 0.05) is 13.2 Å². The van der Waals surface area contributed by atoms with E-state index >= 15 is 0 Å². The summed E-state index contributed by atoms with van der Waals surface area (Å²) in [6.07, 6.45) is 0.899. The van der Waals surface area contributed by atoms with Gasteiger partial charge in [-0.1, -0.05) is 12.1 Å². The third-order valence-electron chi connectivity index (χ3n) is 2.84. The molecule has 4 heteroatoms. The van der Waals surface area contributed by atoms with E-state index in [9.17, 15) is 0 Å². The molecule has 0 radical (unpaired) electrons. The normalized spacial score (nSPS) is 10.4. The molecule has 0 saturated heterocycles. The van der Waals surface area contributed by atoms with Crippen LogP contribution < -0.4 is 10.5 Å². The molecule has 0 aliphatic carbocycles. The maximum atomic E-state index is 5.72. The number of aromatic nitrogens is 1. The smallest absolute Gasteiger partial charge is 0.219 e. The molecule has 0 amide bonds. The first-order valence-corrected chi connectivity index (χ1v) is 6.18. The van der Waals surface area contributed by atoms with Gasteiger partial charge in [-0.2, -0.15) is 0 Å². The van der Waals surface area contributed by atoms with Gasteiger partial charge in [-0.3, -0.25) is 0 Å². The quantitative estimate of drug-likeness (QED) is 0.895. The van der Waals surface area contributed by atoms with Gasteiger partial charge in [-0.25, -0.2) is 4.98 Å². The van der Waals surface area contributed by atoms with Gasteiger partial charge in [-0.05, 0) is 37.1 Å². The molecule has 0 aliphatic heterocycles. The van der Waals surface area contributed by atoms with Gasteiger partial charge in [0.15, 0.2) is 0 Å². The first kappa shape index (κ1) is 13.4. The van der Waals surface area contributed by atoms with E-state index in [1.165, 1.54) is 5.56 Å². The number of nitrogens with zero attached hydrogens (tertiary/aromatic N) is 1. The molecular weight excluding hydrogens is 240 g/mol. The fraction of sp³-hybridized carbons (Fsp3) is 0.267. The van der Waals surface area contributed by atoms with Crippen molar-refractivity contribution in [2.24, 2.45) is 0 Å². The summed E-state index contributed by atoms with van der Waals surface area (Å²) >= 11 is 0. The maximum Gasteiger partial charge on any atom is 0.219 e. The van der Waals surface area contributed by atoms with Crippen molar-refractivity contribution in [3.05, 3.63) is 47.7 Å². The van der Waals surface area contributed by atoms with Gasteiger partial charge < -0.3 is 15.2 Å². The van der Waals surface area contributed by atoms with E-state index < -0.39 is 0 Å². The minimum absolute atomic E-state index is 0.552. The monoisotopic (exact) mass is 258 g/mol. The van der Waals surface area contributed by atoms with Crippen LogP contribution in [0.1, 0.15) is 11.3 Å². The molecule has 0 atom stereocenters. The summed E-state index contributed by atoms with van der Waals surface area (Å²) in [5.74, 6) is 1.31. The van der Waals surface area contributed by atoms with E-state index in [1.807, 2.05) is 31.2 Å². The van der Waals surface area contributed by atoms with E-state index in [-0.39, 0.29) is 0 Å². The van der Waals surface area contributed by atoms with E-state index in [1.54, 1.807) is 19.2 Å².